The van der Waals surface area contributed by atoms with E-state index in [2.05, 4.69) is 46.1 Å². The molecular weight excluding hydrogens is 308 g/mol. The topological polar surface area (TPSA) is 29.3 Å². The number of nitrogens with two attached hydrogens (primary N) is 1. The number of hydrogen-bond donors (Lipinski definition) is 1. The number of halogens is 1. The van der Waals surface area contributed by atoms with Gasteiger partial charge in [0, 0.05) is 15.9 Å². The number of rotatable bonds is 9. The fourth-order valence-corrected chi connectivity index (χ4v) is 3.90. The lowest BCUT2D eigenvalue weighted by atomic mass is 10.1. The molecule has 0 aromatic carbocycles. The summed E-state index contributed by atoms with van der Waals surface area (Å²) < 4.78 is 1.21. The van der Waals surface area contributed by atoms with Gasteiger partial charge in [0.05, 0.1) is 6.04 Å². The van der Waals surface area contributed by atoms with E-state index in [0.29, 0.717) is 12.6 Å². The molecule has 0 saturated carbocycles. The third-order valence-electron chi connectivity index (χ3n) is 3.21. The summed E-state index contributed by atoms with van der Waals surface area (Å²) in [5.74, 6) is 0. The van der Waals surface area contributed by atoms with Crippen molar-refractivity contribution in [3.05, 3.63) is 20.8 Å². The van der Waals surface area contributed by atoms with E-state index < -0.39 is 0 Å². The summed E-state index contributed by atoms with van der Waals surface area (Å²) >= 11 is 5.45. The van der Waals surface area contributed by atoms with Crippen molar-refractivity contribution in [1.29, 1.82) is 0 Å². The summed E-state index contributed by atoms with van der Waals surface area (Å²) in [7, 11) is 0. The molecule has 1 atom stereocenters. The molecule has 2 N–H and O–H groups in total. The van der Waals surface area contributed by atoms with Crippen LogP contribution in [-0.4, -0.2) is 24.5 Å². The molecule has 1 rings (SSSR count). The summed E-state index contributed by atoms with van der Waals surface area (Å²) in [5.41, 5.74) is 6.02. The highest BCUT2D eigenvalue weighted by molar-refractivity contribution is 9.10. The van der Waals surface area contributed by atoms with Gasteiger partial charge in [-0.2, -0.15) is 0 Å². The quantitative estimate of drug-likeness (QED) is 0.725. The second-order valence-corrected chi connectivity index (χ2v) is 6.43. The molecule has 0 aliphatic carbocycles. The van der Waals surface area contributed by atoms with E-state index in [1.54, 1.807) is 0 Å². The second-order valence-electron chi connectivity index (χ2n) is 4.63. The van der Waals surface area contributed by atoms with Crippen LogP contribution in [0.4, 0.5) is 0 Å². The van der Waals surface area contributed by atoms with Crippen molar-refractivity contribution in [2.75, 3.05) is 19.6 Å². The molecule has 4 heteroatoms. The molecule has 1 heterocycles. The van der Waals surface area contributed by atoms with Gasteiger partial charge in [-0.25, -0.2) is 0 Å². The standard InChI is InChI=1S/C14H25BrN2S/c1-3-5-8-17(9-6-4-2)13(11-16)14-12(15)7-10-18-14/h7,10,13H,3-6,8-9,11,16H2,1-2H3. The van der Waals surface area contributed by atoms with Crippen LogP contribution < -0.4 is 5.73 Å². The lowest BCUT2D eigenvalue weighted by Gasteiger charge is -2.30. The highest BCUT2D eigenvalue weighted by Crippen LogP contribution is 2.32. The van der Waals surface area contributed by atoms with Crippen molar-refractivity contribution >= 4 is 27.3 Å². The largest absolute Gasteiger partial charge is 0.329 e. The monoisotopic (exact) mass is 332 g/mol. The molecule has 0 spiro atoms. The Morgan fingerprint density at radius 2 is 1.89 bits per heavy atom. The fraction of sp³-hybridized carbons (Fsp3) is 0.714. The highest BCUT2D eigenvalue weighted by atomic mass is 79.9. The van der Waals surface area contributed by atoms with Crippen molar-refractivity contribution in [3.63, 3.8) is 0 Å². The summed E-state index contributed by atoms with van der Waals surface area (Å²) in [5, 5.41) is 2.14. The Balaban J connectivity index is 2.75. The summed E-state index contributed by atoms with van der Waals surface area (Å²) in [6, 6.07) is 2.50. The molecule has 0 fully saturated rings. The van der Waals surface area contributed by atoms with Crippen molar-refractivity contribution in [2.24, 2.45) is 5.73 Å². The molecule has 0 amide bonds. The molecule has 1 aromatic rings. The van der Waals surface area contributed by atoms with Crippen LogP contribution in [0.15, 0.2) is 15.9 Å². The number of hydrogen-bond acceptors (Lipinski definition) is 3. The molecule has 1 aromatic heterocycles. The van der Waals surface area contributed by atoms with Gasteiger partial charge in [-0.15, -0.1) is 11.3 Å². The average Bonchev–Trinajstić information content (AvgIpc) is 2.79. The van der Waals surface area contributed by atoms with Gasteiger partial charge in [0.2, 0.25) is 0 Å². The molecule has 0 aliphatic rings. The van der Waals surface area contributed by atoms with Crippen LogP contribution in [0.2, 0.25) is 0 Å². The van der Waals surface area contributed by atoms with Gasteiger partial charge in [0.25, 0.3) is 0 Å². The minimum Gasteiger partial charge on any atom is -0.329 e. The van der Waals surface area contributed by atoms with Crippen LogP contribution in [-0.2, 0) is 0 Å². The Kier molecular flexibility index (Phi) is 8.15. The van der Waals surface area contributed by atoms with Crippen molar-refractivity contribution in [3.8, 4) is 0 Å². The van der Waals surface area contributed by atoms with Crippen molar-refractivity contribution in [2.45, 2.75) is 45.6 Å². The maximum atomic E-state index is 6.02. The third-order valence-corrected chi connectivity index (χ3v) is 5.18. The molecule has 104 valence electrons. The molecule has 0 saturated heterocycles. The number of nitrogens with zero attached hydrogens (tertiary/aromatic N) is 1. The zero-order valence-electron chi connectivity index (χ0n) is 11.5. The highest BCUT2D eigenvalue weighted by Gasteiger charge is 2.21. The van der Waals surface area contributed by atoms with E-state index in [1.165, 1.54) is 35.0 Å². The van der Waals surface area contributed by atoms with Crippen LogP contribution in [0.3, 0.4) is 0 Å². The minimum atomic E-state index is 0.373. The molecule has 18 heavy (non-hydrogen) atoms. The molecular formula is C14H25BrN2S. The maximum Gasteiger partial charge on any atom is 0.0575 e. The van der Waals surface area contributed by atoms with Crippen molar-refractivity contribution < 1.29 is 0 Å². The first kappa shape index (κ1) is 16.2. The molecule has 0 bridgehead atoms. The first-order valence-electron chi connectivity index (χ1n) is 6.91. The number of unbranched alkanes of at least 4 members (excludes halogenated alkanes) is 2. The van der Waals surface area contributed by atoms with Crippen LogP contribution in [0.25, 0.3) is 0 Å². The number of thiophene rings is 1. The second kappa shape index (κ2) is 9.08. The van der Waals surface area contributed by atoms with Gasteiger partial charge in [-0.1, -0.05) is 26.7 Å². The Hall–Kier alpha value is 0.100. The van der Waals surface area contributed by atoms with Gasteiger partial charge in [-0.05, 0) is 53.3 Å². The van der Waals surface area contributed by atoms with E-state index in [-0.39, 0.29) is 0 Å². The Morgan fingerprint density at radius 1 is 1.28 bits per heavy atom. The zero-order chi connectivity index (χ0) is 13.4. The van der Waals surface area contributed by atoms with E-state index >= 15 is 0 Å². The van der Waals surface area contributed by atoms with Gasteiger partial charge in [-0.3, -0.25) is 4.90 Å². The zero-order valence-corrected chi connectivity index (χ0v) is 13.9. The predicted molar refractivity (Wildman–Crippen MR) is 85.2 cm³/mol. The van der Waals surface area contributed by atoms with E-state index in [0.717, 1.165) is 13.1 Å². The fourth-order valence-electron chi connectivity index (χ4n) is 2.11. The van der Waals surface area contributed by atoms with Gasteiger partial charge in [0.15, 0.2) is 0 Å². The minimum absolute atomic E-state index is 0.373. The van der Waals surface area contributed by atoms with E-state index in [9.17, 15) is 0 Å². The van der Waals surface area contributed by atoms with Crippen LogP contribution in [0.1, 0.15) is 50.4 Å². The Bertz CT molecular complexity index is 319. The summed E-state index contributed by atoms with van der Waals surface area (Å²) in [4.78, 5) is 3.94. The van der Waals surface area contributed by atoms with Crippen molar-refractivity contribution in [1.82, 2.24) is 4.90 Å². The van der Waals surface area contributed by atoms with E-state index in [4.69, 9.17) is 5.73 Å². The first-order chi connectivity index (χ1) is 8.74. The predicted octanol–water partition coefficient (Wildman–Crippen LogP) is 4.41. The Morgan fingerprint density at radius 3 is 2.28 bits per heavy atom. The van der Waals surface area contributed by atoms with Crippen LogP contribution in [0.5, 0.6) is 0 Å². The Labute approximate surface area is 124 Å². The van der Waals surface area contributed by atoms with Crippen LogP contribution in [0, 0.1) is 0 Å². The van der Waals surface area contributed by atoms with Gasteiger partial charge < -0.3 is 5.73 Å². The average molecular weight is 333 g/mol. The molecule has 1 unspecified atom stereocenters. The maximum absolute atomic E-state index is 6.02. The smallest absolute Gasteiger partial charge is 0.0575 e. The summed E-state index contributed by atoms with van der Waals surface area (Å²) in [6.45, 7) is 7.50. The molecule has 0 radical (unpaired) electrons. The SMILES string of the molecule is CCCCN(CCCC)C(CN)c1sccc1Br. The first-order valence-corrected chi connectivity index (χ1v) is 8.58. The van der Waals surface area contributed by atoms with Gasteiger partial charge in [0.1, 0.15) is 0 Å². The summed E-state index contributed by atoms with van der Waals surface area (Å²) in [6.07, 6.45) is 4.99. The van der Waals surface area contributed by atoms with Gasteiger partial charge >= 0.3 is 0 Å². The molecule has 0 aliphatic heterocycles. The lowest BCUT2D eigenvalue weighted by Crippen LogP contribution is -2.35. The van der Waals surface area contributed by atoms with E-state index in [1.807, 2.05) is 11.3 Å². The molecule has 2 nitrogen and oxygen atoms in total. The van der Waals surface area contributed by atoms with Crippen LogP contribution >= 0.6 is 27.3 Å². The lowest BCUT2D eigenvalue weighted by molar-refractivity contribution is 0.197. The normalized spacial score (nSPS) is 13.2. The third kappa shape index (κ3) is 4.65.